The number of rotatable bonds is 6. The Morgan fingerprint density at radius 2 is 1.61 bits per heavy atom. The van der Waals surface area contributed by atoms with E-state index in [1.165, 1.54) is 0 Å². The molecule has 18 heavy (non-hydrogen) atoms. The summed E-state index contributed by atoms with van der Waals surface area (Å²) in [7, 11) is 0. The Morgan fingerprint density at radius 1 is 1.06 bits per heavy atom. The number of oxime groups is 1. The van der Waals surface area contributed by atoms with Crippen LogP contribution in [0.3, 0.4) is 0 Å². The van der Waals surface area contributed by atoms with E-state index in [-0.39, 0.29) is 10.3 Å². The van der Waals surface area contributed by atoms with Gasteiger partial charge in [-0.25, -0.2) is 0 Å². The van der Waals surface area contributed by atoms with Gasteiger partial charge in [0.1, 0.15) is 5.60 Å². The Labute approximate surface area is 122 Å². The molecule has 0 heterocycles. The Bertz CT molecular complexity index is 262. The van der Waals surface area contributed by atoms with E-state index in [9.17, 15) is 0 Å². The highest BCUT2D eigenvalue weighted by Gasteiger charge is 2.15. The number of hydrogen-bond acceptors (Lipinski definition) is 4. The van der Waals surface area contributed by atoms with Gasteiger partial charge >= 0.3 is 0 Å². The minimum atomic E-state index is -0.208. The SMILES string of the molecule is CC(C)SC/C(CSC(C)(C)C)=N/OC(C)(C)C. The Balaban J connectivity index is 4.42. The second-order valence-corrected chi connectivity index (χ2v) is 9.99. The van der Waals surface area contributed by atoms with Crippen molar-refractivity contribution in [3.8, 4) is 0 Å². The summed E-state index contributed by atoms with van der Waals surface area (Å²) < 4.78 is 0.269. The highest BCUT2D eigenvalue weighted by Crippen LogP contribution is 2.24. The predicted molar refractivity (Wildman–Crippen MR) is 88.1 cm³/mol. The molecule has 0 aliphatic heterocycles. The molecule has 0 aromatic rings. The minimum Gasteiger partial charge on any atom is -0.390 e. The summed E-state index contributed by atoms with van der Waals surface area (Å²) in [6, 6.07) is 0. The molecule has 0 aliphatic carbocycles. The molecule has 0 N–H and O–H groups in total. The lowest BCUT2D eigenvalue weighted by molar-refractivity contribution is 0.000833. The van der Waals surface area contributed by atoms with E-state index in [1.54, 1.807) is 0 Å². The molecule has 0 radical (unpaired) electrons. The largest absolute Gasteiger partial charge is 0.390 e. The fourth-order valence-corrected chi connectivity index (χ4v) is 2.42. The summed E-state index contributed by atoms with van der Waals surface area (Å²) >= 11 is 3.84. The van der Waals surface area contributed by atoms with Crippen molar-refractivity contribution in [2.24, 2.45) is 5.16 Å². The van der Waals surface area contributed by atoms with Crippen LogP contribution in [-0.4, -0.2) is 32.8 Å². The average molecular weight is 292 g/mol. The Hall–Kier alpha value is 0.170. The van der Waals surface area contributed by atoms with Crippen LogP contribution >= 0.6 is 23.5 Å². The van der Waals surface area contributed by atoms with Crippen molar-refractivity contribution in [2.75, 3.05) is 11.5 Å². The van der Waals surface area contributed by atoms with Crippen molar-refractivity contribution < 1.29 is 4.84 Å². The van der Waals surface area contributed by atoms with Gasteiger partial charge in [-0.15, -0.1) is 11.8 Å². The van der Waals surface area contributed by atoms with Gasteiger partial charge in [-0.2, -0.15) is 11.8 Å². The lowest BCUT2D eigenvalue weighted by Gasteiger charge is -2.20. The van der Waals surface area contributed by atoms with Crippen molar-refractivity contribution >= 4 is 29.2 Å². The first-order chi connectivity index (χ1) is 7.99. The highest BCUT2D eigenvalue weighted by atomic mass is 32.2. The Kier molecular flexibility index (Phi) is 7.76. The molecule has 0 atom stereocenters. The third-order valence-corrected chi connectivity index (χ3v) is 4.21. The molecule has 0 spiro atoms. The van der Waals surface area contributed by atoms with Gasteiger partial charge in [-0.3, -0.25) is 0 Å². The van der Waals surface area contributed by atoms with E-state index in [0.29, 0.717) is 5.25 Å². The van der Waals surface area contributed by atoms with E-state index >= 15 is 0 Å². The van der Waals surface area contributed by atoms with Crippen LogP contribution in [0, 0.1) is 0 Å². The fourth-order valence-electron chi connectivity index (χ4n) is 0.859. The third-order valence-electron chi connectivity index (χ3n) is 1.70. The van der Waals surface area contributed by atoms with Crippen LogP contribution in [0.25, 0.3) is 0 Å². The van der Waals surface area contributed by atoms with Crippen molar-refractivity contribution in [3.63, 3.8) is 0 Å². The van der Waals surface area contributed by atoms with E-state index in [1.807, 2.05) is 44.3 Å². The first kappa shape index (κ1) is 18.2. The molecule has 108 valence electrons. The monoisotopic (exact) mass is 291 g/mol. The Morgan fingerprint density at radius 3 is 2.00 bits per heavy atom. The number of nitrogens with zero attached hydrogens (tertiary/aromatic N) is 1. The first-order valence-corrected chi connectivity index (χ1v) is 8.52. The zero-order chi connectivity index (χ0) is 14.4. The quantitative estimate of drug-likeness (QED) is 0.517. The molecule has 0 rings (SSSR count). The molecular formula is C14H29NOS2. The molecule has 0 saturated carbocycles. The summed E-state index contributed by atoms with van der Waals surface area (Å²) in [6.45, 7) is 17.2. The molecule has 0 unspecified atom stereocenters. The van der Waals surface area contributed by atoms with Crippen LogP contribution in [0.5, 0.6) is 0 Å². The van der Waals surface area contributed by atoms with Crippen molar-refractivity contribution in [1.29, 1.82) is 0 Å². The van der Waals surface area contributed by atoms with Crippen LogP contribution in [0.2, 0.25) is 0 Å². The second-order valence-electron chi connectivity index (χ2n) is 6.62. The molecule has 0 fully saturated rings. The zero-order valence-corrected chi connectivity index (χ0v) is 14.8. The minimum absolute atomic E-state index is 0.208. The van der Waals surface area contributed by atoms with Gasteiger partial charge in [0.2, 0.25) is 0 Å². The van der Waals surface area contributed by atoms with E-state index < -0.39 is 0 Å². The summed E-state index contributed by atoms with van der Waals surface area (Å²) in [6.07, 6.45) is 0. The lowest BCUT2D eigenvalue weighted by atomic mass is 10.2. The molecular weight excluding hydrogens is 262 g/mol. The molecule has 0 aromatic heterocycles. The van der Waals surface area contributed by atoms with Crippen LogP contribution in [0.1, 0.15) is 55.4 Å². The van der Waals surface area contributed by atoms with Gasteiger partial charge in [0.15, 0.2) is 0 Å². The number of hydrogen-bond donors (Lipinski definition) is 0. The van der Waals surface area contributed by atoms with Crippen molar-refractivity contribution in [3.05, 3.63) is 0 Å². The molecule has 0 saturated heterocycles. The van der Waals surface area contributed by atoms with Crippen molar-refractivity contribution in [2.45, 2.75) is 71.0 Å². The van der Waals surface area contributed by atoms with E-state index in [2.05, 4.69) is 39.8 Å². The van der Waals surface area contributed by atoms with Crippen LogP contribution in [0.4, 0.5) is 0 Å². The van der Waals surface area contributed by atoms with Gasteiger partial charge in [0.25, 0.3) is 0 Å². The summed E-state index contributed by atoms with van der Waals surface area (Å²) in [4.78, 5) is 5.55. The van der Waals surface area contributed by atoms with Crippen molar-refractivity contribution in [1.82, 2.24) is 0 Å². The maximum absolute atomic E-state index is 5.55. The normalized spacial score (nSPS) is 14.2. The summed E-state index contributed by atoms with van der Waals surface area (Å²) in [5, 5.41) is 4.97. The van der Waals surface area contributed by atoms with Gasteiger partial charge in [0, 0.05) is 16.3 Å². The topological polar surface area (TPSA) is 21.6 Å². The van der Waals surface area contributed by atoms with Gasteiger partial charge in [0.05, 0.1) is 5.71 Å². The van der Waals surface area contributed by atoms with E-state index in [0.717, 1.165) is 17.2 Å². The number of thioether (sulfide) groups is 2. The second kappa shape index (κ2) is 7.68. The van der Waals surface area contributed by atoms with Crippen LogP contribution in [-0.2, 0) is 4.84 Å². The molecule has 4 heteroatoms. The molecule has 0 aromatic carbocycles. The third kappa shape index (κ3) is 12.6. The first-order valence-electron chi connectivity index (χ1n) is 6.49. The zero-order valence-electron chi connectivity index (χ0n) is 13.2. The van der Waals surface area contributed by atoms with Gasteiger partial charge in [-0.1, -0.05) is 39.8 Å². The molecule has 0 amide bonds. The van der Waals surface area contributed by atoms with E-state index in [4.69, 9.17) is 4.84 Å². The molecule has 0 aliphatic rings. The highest BCUT2D eigenvalue weighted by molar-refractivity contribution is 8.02. The fraction of sp³-hybridized carbons (Fsp3) is 0.929. The summed E-state index contributed by atoms with van der Waals surface area (Å²) in [5.74, 6) is 1.90. The van der Waals surface area contributed by atoms with Gasteiger partial charge < -0.3 is 4.84 Å². The lowest BCUT2D eigenvalue weighted by Crippen LogP contribution is -2.20. The average Bonchev–Trinajstić information content (AvgIpc) is 2.13. The van der Waals surface area contributed by atoms with Crippen LogP contribution < -0.4 is 0 Å². The maximum atomic E-state index is 5.55. The smallest absolute Gasteiger partial charge is 0.129 e. The maximum Gasteiger partial charge on any atom is 0.129 e. The standard InChI is InChI=1S/C14H29NOS2/c1-11(2)17-9-12(10-18-14(6,7)8)15-16-13(3,4)5/h11H,9-10H2,1-8H3/b15-12-. The van der Waals surface area contributed by atoms with Crippen LogP contribution in [0.15, 0.2) is 5.16 Å². The summed E-state index contributed by atoms with van der Waals surface area (Å²) in [5.41, 5.74) is 0.934. The van der Waals surface area contributed by atoms with Gasteiger partial charge in [-0.05, 0) is 26.0 Å². The predicted octanol–water partition coefficient (Wildman–Crippen LogP) is 4.83. The molecule has 0 bridgehead atoms. The molecule has 2 nitrogen and oxygen atoms in total.